The second-order valence-electron chi connectivity index (χ2n) is 6.02. The SMILES string of the molecule is CCC1(CNC2CCCN(C)CC2)CCC1. The highest BCUT2D eigenvalue weighted by Gasteiger charge is 2.35. The van der Waals surface area contributed by atoms with Crippen molar-refractivity contribution in [1.29, 1.82) is 0 Å². The molecular formula is C14H28N2. The number of hydrogen-bond donors (Lipinski definition) is 1. The molecular weight excluding hydrogens is 196 g/mol. The van der Waals surface area contributed by atoms with Gasteiger partial charge in [0, 0.05) is 12.6 Å². The highest BCUT2D eigenvalue weighted by atomic mass is 15.1. The summed E-state index contributed by atoms with van der Waals surface area (Å²) < 4.78 is 0. The van der Waals surface area contributed by atoms with Gasteiger partial charge in [-0.05, 0) is 64.1 Å². The summed E-state index contributed by atoms with van der Waals surface area (Å²) in [5.74, 6) is 0. The molecule has 1 N–H and O–H groups in total. The quantitative estimate of drug-likeness (QED) is 0.790. The van der Waals surface area contributed by atoms with Crippen LogP contribution in [0.3, 0.4) is 0 Å². The van der Waals surface area contributed by atoms with Crippen LogP contribution in [-0.4, -0.2) is 37.6 Å². The zero-order valence-corrected chi connectivity index (χ0v) is 11.1. The zero-order chi connectivity index (χ0) is 11.4. The first kappa shape index (κ1) is 12.4. The van der Waals surface area contributed by atoms with Crippen molar-refractivity contribution in [2.45, 2.75) is 57.9 Å². The normalized spacial score (nSPS) is 30.8. The molecule has 1 atom stereocenters. The van der Waals surface area contributed by atoms with Crippen molar-refractivity contribution in [3.63, 3.8) is 0 Å². The lowest BCUT2D eigenvalue weighted by atomic mass is 9.67. The number of nitrogens with one attached hydrogen (secondary N) is 1. The Bertz CT molecular complexity index is 205. The molecule has 1 heterocycles. The van der Waals surface area contributed by atoms with E-state index in [0.717, 1.165) is 6.04 Å². The fourth-order valence-electron chi connectivity index (χ4n) is 3.14. The Morgan fingerprint density at radius 2 is 2.00 bits per heavy atom. The standard InChI is InChI=1S/C14H28N2/c1-3-14(8-5-9-14)12-15-13-6-4-10-16(2)11-7-13/h13,15H,3-12H2,1-2H3. The van der Waals surface area contributed by atoms with E-state index in [-0.39, 0.29) is 0 Å². The Kier molecular flexibility index (Phi) is 4.26. The number of hydrogen-bond acceptors (Lipinski definition) is 2. The lowest BCUT2D eigenvalue weighted by Gasteiger charge is -2.42. The van der Waals surface area contributed by atoms with Gasteiger partial charge in [-0.25, -0.2) is 0 Å². The maximum atomic E-state index is 3.85. The van der Waals surface area contributed by atoms with E-state index >= 15 is 0 Å². The third-order valence-electron chi connectivity index (χ3n) is 4.88. The van der Waals surface area contributed by atoms with Gasteiger partial charge in [0.2, 0.25) is 0 Å². The molecule has 1 saturated carbocycles. The summed E-state index contributed by atoms with van der Waals surface area (Å²) in [5, 5.41) is 3.85. The monoisotopic (exact) mass is 224 g/mol. The van der Waals surface area contributed by atoms with Gasteiger partial charge in [-0.3, -0.25) is 0 Å². The van der Waals surface area contributed by atoms with Crippen LogP contribution in [0.15, 0.2) is 0 Å². The van der Waals surface area contributed by atoms with E-state index in [2.05, 4.69) is 24.2 Å². The largest absolute Gasteiger partial charge is 0.313 e. The van der Waals surface area contributed by atoms with Crippen LogP contribution in [-0.2, 0) is 0 Å². The van der Waals surface area contributed by atoms with Crippen molar-refractivity contribution in [3.8, 4) is 0 Å². The topological polar surface area (TPSA) is 15.3 Å². The van der Waals surface area contributed by atoms with Gasteiger partial charge in [-0.1, -0.05) is 13.3 Å². The molecule has 2 rings (SSSR count). The van der Waals surface area contributed by atoms with E-state index in [0.29, 0.717) is 5.41 Å². The van der Waals surface area contributed by atoms with Crippen LogP contribution in [0.25, 0.3) is 0 Å². The second-order valence-corrected chi connectivity index (χ2v) is 6.02. The third kappa shape index (κ3) is 2.98. The molecule has 0 aromatic rings. The number of rotatable bonds is 4. The first-order valence-corrected chi connectivity index (χ1v) is 7.16. The van der Waals surface area contributed by atoms with Crippen molar-refractivity contribution in [2.24, 2.45) is 5.41 Å². The summed E-state index contributed by atoms with van der Waals surface area (Å²) in [6, 6.07) is 0.786. The van der Waals surface area contributed by atoms with Crippen molar-refractivity contribution in [1.82, 2.24) is 10.2 Å². The van der Waals surface area contributed by atoms with Crippen LogP contribution in [0.5, 0.6) is 0 Å². The Morgan fingerprint density at radius 3 is 2.62 bits per heavy atom. The summed E-state index contributed by atoms with van der Waals surface area (Å²) in [6.45, 7) is 6.20. The molecule has 0 aromatic carbocycles. The van der Waals surface area contributed by atoms with Crippen molar-refractivity contribution >= 4 is 0 Å². The fourth-order valence-corrected chi connectivity index (χ4v) is 3.14. The maximum Gasteiger partial charge on any atom is 0.00799 e. The van der Waals surface area contributed by atoms with Crippen molar-refractivity contribution < 1.29 is 0 Å². The van der Waals surface area contributed by atoms with Crippen molar-refractivity contribution in [2.75, 3.05) is 26.7 Å². The molecule has 0 aromatic heterocycles. The molecule has 1 saturated heterocycles. The molecule has 0 radical (unpaired) electrons. The first-order chi connectivity index (χ1) is 7.74. The minimum Gasteiger partial charge on any atom is -0.313 e. The average Bonchev–Trinajstić information content (AvgIpc) is 2.43. The Hall–Kier alpha value is -0.0800. The highest BCUT2D eigenvalue weighted by Crippen LogP contribution is 2.43. The Labute approximate surface area is 101 Å². The van der Waals surface area contributed by atoms with E-state index in [1.54, 1.807) is 0 Å². The van der Waals surface area contributed by atoms with E-state index in [4.69, 9.17) is 0 Å². The van der Waals surface area contributed by atoms with E-state index in [1.807, 2.05) is 0 Å². The van der Waals surface area contributed by atoms with Gasteiger partial charge in [0.25, 0.3) is 0 Å². The number of nitrogens with zero attached hydrogens (tertiary/aromatic N) is 1. The molecule has 0 spiro atoms. The summed E-state index contributed by atoms with van der Waals surface area (Å²) in [5.41, 5.74) is 0.679. The summed E-state index contributed by atoms with van der Waals surface area (Å²) in [4.78, 5) is 2.47. The molecule has 0 amide bonds. The molecule has 2 fully saturated rings. The molecule has 1 aliphatic heterocycles. The first-order valence-electron chi connectivity index (χ1n) is 7.16. The molecule has 0 bridgehead atoms. The third-order valence-corrected chi connectivity index (χ3v) is 4.88. The van der Waals surface area contributed by atoms with Crippen LogP contribution in [0.1, 0.15) is 51.9 Å². The van der Waals surface area contributed by atoms with Gasteiger partial charge in [-0.15, -0.1) is 0 Å². The zero-order valence-electron chi connectivity index (χ0n) is 11.1. The van der Waals surface area contributed by atoms with Crippen LogP contribution >= 0.6 is 0 Å². The Morgan fingerprint density at radius 1 is 1.19 bits per heavy atom. The van der Waals surface area contributed by atoms with Crippen LogP contribution < -0.4 is 5.32 Å². The highest BCUT2D eigenvalue weighted by molar-refractivity contribution is 4.89. The fraction of sp³-hybridized carbons (Fsp3) is 1.00. The van der Waals surface area contributed by atoms with Gasteiger partial charge < -0.3 is 10.2 Å². The summed E-state index contributed by atoms with van der Waals surface area (Å²) in [6.07, 6.45) is 9.84. The molecule has 2 nitrogen and oxygen atoms in total. The molecule has 94 valence electrons. The smallest absolute Gasteiger partial charge is 0.00799 e. The molecule has 2 heteroatoms. The van der Waals surface area contributed by atoms with Crippen LogP contribution in [0.4, 0.5) is 0 Å². The molecule has 1 unspecified atom stereocenters. The lowest BCUT2D eigenvalue weighted by Crippen LogP contribution is -2.43. The summed E-state index contributed by atoms with van der Waals surface area (Å²) in [7, 11) is 2.25. The molecule has 2 aliphatic rings. The predicted molar refractivity (Wildman–Crippen MR) is 69.7 cm³/mol. The van der Waals surface area contributed by atoms with Crippen LogP contribution in [0, 0.1) is 5.41 Å². The van der Waals surface area contributed by atoms with Gasteiger partial charge in [0.05, 0.1) is 0 Å². The minimum atomic E-state index is 0.679. The molecule has 1 aliphatic carbocycles. The second kappa shape index (κ2) is 5.50. The van der Waals surface area contributed by atoms with Crippen molar-refractivity contribution in [3.05, 3.63) is 0 Å². The van der Waals surface area contributed by atoms with Gasteiger partial charge >= 0.3 is 0 Å². The average molecular weight is 224 g/mol. The lowest BCUT2D eigenvalue weighted by molar-refractivity contribution is 0.118. The van der Waals surface area contributed by atoms with E-state index < -0.39 is 0 Å². The summed E-state index contributed by atoms with van der Waals surface area (Å²) >= 11 is 0. The van der Waals surface area contributed by atoms with E-state index in [9.17, 15) is 0 Å². The number of likely N-dealkylation sites (tertiary alicyclic amines) is 1. The molecule has 16 heavy (non-hydrogen) atoms. The van der Waals surface area contributed by atoms with Gasteiger partial charge in [-0.2, -0.15) is 0 Å². The van der Waals surface area contributed by atoms with Gasteiger partial charge in [0.1, 0.15) is 0 Å². The predicted octanol–water partition coefficient (Wildman–Crippen LogP) is 2.64. The minimum absolute atomic E-state index is 0.679. The Balaban J connectivity index is 1.72. The van der Waals surface area contributed by atoms with Gasteiger partial charge in [0.15, 0.2) is 0 Å². The van der Waals surface area contributed by atoms with E-state index in [1.165, 1.54) is 64.6 Å². The van der Waals surface area contributed by atoms with Crippen LogP contribution in [0.2, 0.25) is 0 Å². The maximum absolute atomic E-state index is 3.85.